The Bertz CT molecular complexity index is 684. The lowest BCUT2D eigenvalue weighted by Gasteiger charge is -2.34. The zero-order valence-corrected chi connectivity index (χ0v) is 14.0. The average Bonchev–Trinajstić information content (AvgIpc) is 3.10. The predicted octanol–water partition coefficient (Wildman–Crippen LogP) is 1.02. The molecule has 0 aliphatic carbocycles. The zero-order chi connectivity index (χ0) is 15.5. The Morgan fingerprint density at radius 1 is 1.32 bits per heavy atom. The molecule has 0 saturated carbocycles. The molecule has 22 heavy (non-hydrogen) atoms. The van der Waals surface area contributed by atoms with Crippen LogP contribution in [0.3, 0.4) is 0 Å². The van der Waals surface area contributed by atoms with Gasteiger partial charge in [0.2, 0.25) is 5.91 Å². The molecule has 3 rings (SSSR count). The molecule has 0 N–H and O–H groups in total. The summed E-state index contributed by atoms with van der Waals surface area (Å²) >= 11 is 2.79. The second kappa shape index (κ2) is 6.72. The van der Waals surface area contributed by atoms with Crippen LogP contribution >= 0.6 is 22.7 Å². The van der Waals surface area contributed by atoms with Gasteiger partial charge in [-0.25, -0.2) is 4.68 Å². The molecule has 6 nitrogen and oxygen atoms in total. The lowest BCUT2D eigenvalue weighted by atomic mass is 10.2. The van der Waals surface area contributed by atoms with E-state index in [-0.39, 0.29) is 17.3 Å². The third-order valence-corrected chi connectivity index (χ3v) is 5.20. The number of thiophene rings is 1. The highest BCUT2D eigenvalue weighted by Gasteiger charge is 2.22. The molecule has 0 atom stereocenters. The molecule has 1 aliphatic heterocycles. The van der Waals surface area contributed by atoms with E-state index in [0.29, 0.717) is 18.1 Å². The normalized spacial score (nSPS) is 16.1. The van der Waals surface area contributed by atoms with Gasteiger partial charge < -0.3 is 4.90 Å². The number of aryl methyl sites for hydroxylation is 1. The molecule has 1 fully saturated rings. The minimum Gasteiger partial charge on any atom is -0.339 e. The number of amides is 1. The SMILES string of the molecule is Cc1nn(CC(=O)N2CCN(Cc3ccsc3)CC2)c(=O)s1. The van der Waals surface area contributed by atoms with Gasteiger partial charge in [0.05, 0.1) is 0 Å². The van der Waals surface area contributed by atoms with Gasteiger partial charge in [0.25, 0.3) is 0 Å². The quantitative estimate of drug-likeness (QED) is 0.835. The number of hydrogen-bond donors (Lipinski definition) is 0. The third-order valence-electron chi connectivity index (χ3n) is 3.70. The molecular formula is C14H18N4O2S2. The van der Waals surface area contributed by atoms with Gasteiger partial charge in [-0.3, -0.25) is 14.5 Å². The Hall–Kier alpha value is -1.51. The monoisotopic (exact) mass is 338 g/mol. The van der Waals surface area contributed by atoms with Crippen LogP contribution in [-0.2, 0) is 17.9 Å². The summed E-state index contributed by atoms with van der Waals surface area (Å²) in [6.07, 6.45) is 0. The van der Waals surface area contributed by atoms with Crippen LogP contribution in [0.2, 0.25) is 0 Å². The summed E-state index contributed by atoms with van der Waals surface area (Å²) in [7, 11) is 0. The molecular weight excluding hydrogens is 320 g/mol. The number of carbonyl (C=O) groups excluding carboxylic acids is 1. The maximum absolute atomic E-state index is 12.3. The van der Waals surface area contributed by atoms with Crippen molar-refractivity contribution in [2.75, 3.05) is 26.2 Å². The first-order chi connectivity index (χ1) is 10.6. The predicted molar refractivity (Wildman–Crippen MR) is 87.3 cm³/mol. The van der Waals surface area contributed by atoms with Crippen molar-refractivity contribution in [1.82, 2.24) is 19.6 Å². The van der Waals surface area contributed by atoms with Gasteiger partial charge in [0.15, 0.2) is 0 Å². The van der Waals surface area contributed by atoms with Crippen LogP contribution < -0.4 is 4.87 Å². The van der Waals surface area contributed by atoms with E-state index in [9.17, 15) is 9.59 Å². The Kier molecular flexibility index (Phi) is 4.70. The number of piperazine rings is 1. The third kappa shape index (κ3) is 3.63. The number of aromatic nitrogens is 2. The van der Waals surface area contributed by atoms with Crippen molar-refractivity contribution in [3.63, 3.8) is 0 Å². The highest BCUT2D eigenvalue weighted by atomic mass is 32.1. The number of hydrogen-bond acceptors (Lipinski definition) is 6. The van der Waals surface area contributed by atoms with Crippen molar-refractivity contribution in [1.29, 1.82) is 0 Å². The maximum atomic E-state index is 12.3. The van der Waals surface area contributed by atoms with Crippen molar-refractivity contribution >= 4 is 28.6 Å². The summed E-state index contributed by atoms with van der Waals surface area (Å²) in [5.41, 5.74) is 1.33. The van der Waals surface area contributed by atoms with Crippen molar-refractivity contribution in [3.8, 4) is 0 Å². The second-order valence-corrected chi connectivity index (χ2v) is 7.26. The highest BCUT2D eigenvalue weighted by molar-refractivity contribution is 7.08. The topological polar surface area (TPSA) is 58.4 Å². The zero-order valence-electron chi connectivity index (χ0n) is 12.4. The first kappa shape index (κ1) is 15.4. The van der Waals surface area contributed by atoms with Crippen molar-refractivity contribution < 1.29 is 4.79 Å². The average molecular weight is 338 g/mol. The number of carbonyl (C=O) groups is 1. The molecule has 2 aromatic rings. The standard InChI is InChI=1S/C14H18N4O2S2/c1-11-15-18(14(20)22-11)9-13(19)17-5-3-16(4-6-17)8-12-2-7-21-10-12/h2,7,10H,3-6,8-9H2,1H3. The molecule has 8 heteroatoms. The lowest BCUT2D eigenvalue weighted by Crippen LogP contribution is -2.49. The van der Waals surface area contributed by atoms with Gasteiger partial charge >= 0.3 is 4.87 Å². The summed E-state index contributed by atoms with van der Waals surface area (Å²) in [6.45, 7) is 5.92. The molecule has 0 bridgehead atoms. The van der Waals surface area contributed by atoms with Gasteiger partial charge in [0.1, 0.15) is 11.6 Å². The van der Waals surface area contributed by atoms with Crippen molar-refractivity contribution in [2.45, 2.75) is 20.0 Å². The summed E-state index contributed by atoms with van der Waals surface area (Å²) < 4.78 is 1.26. The molecule has 118 valence electrons. The minimum absolute atomic E-state index is 0.0254. The Morgan fingerprint density at radius 3 is 2.68 bits per heavy atom. The first-order valence-corrected chi connectivity index (χ1v) is 8.93. The van der Waals surface area contributed by atoms with Crippen LogP contribution in [0.25, 0.3) is 0 Å². The van der Waals surface area contributed by atoms with Crippen LogP contribution in [0.5, 0.6) is 0 Å². The molecule has 0 unspecified atom stereocenters. The summed E-state index contributed by atoms with van der Waals surface area (Å²) in [5, 5.41) is 9.02. The van der Waals surface area contributed by atoms with E-state index < -0.39 is 0 Å². The Morgan fingerprint density at radius 2 is 2.09 bits per heavy atom. The van der Waals surface area contributed by atoms with Crippen LogP contribution in [-0.4, -0.2) is 51.7 Å². The molecule has 2 aromatic heterocycles. The molecule has 1 amide bonds. The highest BCUT2D eigenvalue weighted by Crippen LogP contribution is 2.12. The van der Waals surface area contributed by atoms with Gasteiger partial charge in [-0.15, -0.1) is 0 Å². The fourth-order valence-corrected chi connectivity index (χ4v) is 3.80. The van der Waals surface area contributed by atoms with Gasteiger partial charge in [-0.1, -0.05) is 11.3 Å². The van der Waals surface area contributed by atoms with E-state index >= 15 is 0 Å². The van der Waals surface area contributed by atoms with Crippen molar-refractivity contribution in [2.24, 2.45) is 0 Å². The largest absolute Gasteiger partial charge is 0.339 e. The van der Waals surface area contributed by atoms with E-state index in [4.69, 9.17) is 0 Å². The Balaban J connectivity index is 1.51. The van der Waals surface area contributed by atoms with Crippen LogP contribution in [0.4, 0.5) is 0 Å². The van der Waals surface area contributed by atoms with Gasteiger partial charge in [-0.05, 0) is 29.3 Å². The molecule has 1 aliphatic rings. The minimum atomic E-state index is -0.165. The summed E-state index contributed by atoms with van der Waals surface area (Å²) in [5.74, 6) is -0.0254. The number of rotatable bonds is 4. The Labute approximate surface area is 136 Å². The summed E-state index contributed by atoms with van der Waals surface area (Å²) in [6, 6.07) is 2.14. The molecule has 3 heterocycles. The first-order valence-electron chi connectivity index (χ1n) is 7.17. The smallest absolute Gasteiger partial charge is 0.325 e. The van der Waals surface area contributed by atoms with E-state index in [1.54, 1.807) is 18.3 Å². The van der Waals surface area contributed by atoms with E-state index in [2.05, 4.69) is 26.8 Å². The fraction of sp³-hybridized carbons (Fsp3) is 0.500. The molecule has 1 saturated heterocycles. The van der Waals surface area contributed by atoms with Crippen LogP contribution in [0, 0.1) is 6.92 Å². The molecule has 0 radical (unpaired) electrons. The second-order valence-electron chi connectivity index (χ2n) is 5.33. The van der Waals surface area contributed by atoms with Crippen LogP contribution in [0.1, 0.15) is 10.6 Å². The molecule has 0 aromatic carbocycles. The summed E-state index contributed by atoms with van der Waals surface area (Å²) in [4.78, 5) is 27.9. The van der Waals surface area contributed by atoms with Crippen molar-refractivity contribution in [3.05, 3.63) is 37.1 Å². The van der Waals surface area contributed by atoms with E-state index in [1.165, 1.54) is 10.2 Å². The van der Waals surface area contributed by atoms with Crippen LogP contribution in [0.15, 0.2) is 21.6 Å². The van der Waals surface area contributed by atoms with Gasteiger partial charge in [-0.2, -0.15) is 16.4 Å². The fourth-order valence-electron chi connectivity index (χ4n) is 2.53. The van der Waals surface area contributed by atoms with E-state index in [1.807, 2.05) is 4.90 Å². The maximum Gasteiger partial charge on any atom is 0.325 e. The number of nitrogens with zero attached hydrogens (tertiary/aromatic N) is 4. The molecule has 0 spiro atoms. The lowest BCUT2D eigenvalue weighted by molar-refractivity contribution is -0.133. The van der Waals surface area contributed by atoms with E-state index in [0.717, 1.165) is 31.0 Å². The van der Waals surface area contributed by atoms with Gasteiger partial charge in [0, 0.05) is 32.7 Å².